The van der Waals surface area contributed by atoms with Gasteiger partial charge in [0.25, 0.3) is 0 Å². The quantitative estimate of drug-likeness (QED) is 0.777. The average molecular weight is 287 g/mol. The van der Waals surface area contributed by atoms with Gasteiger partial charge in [0.05, 0.1) is 6.26 Å². The number of nitrogens with one attached hydrogen (secondary N) is 1. The molecular weight excluding hydrogens is 262 g/mol. The molecule has 114 valence electrons. The summed E-state index contributed by atoms with van der Waals surface area (Å²) in [5.74, 6) is 2.35. The van der Waals surface area contributed by atoms with Gasteiger partial charge in [-0.3, -0.25) is 0 Å². The predicted octanol–water partition coefficient (Wildman–Crippen LogP) is 4.48. The van der Waals surface area contributed by atoms with E-state index in [1.165, 1.54) is 5.56 Å². The molecule has 1 heterocycles. The molecule has 2 rings (SSSR count). The van der Waals surface area contributed by atoms with Gasteiger partial charge in [-0.1, -0.05) is 39.0 Å². The molecule has 0 aliphatic rings. The summed E-state index contributed by atoms with van der Waals surface area (Å²) in [6.07, 6.45) is 2.83. The van der Waals surface area contributed by atoms with E-state index >= 15 is 0 Å². The Hall–Kier alpha value is -1.74. The highest BCUT2D eigenvalue weighted by Crippen LogP contribution is 2.29. The van der Waals surface area contributed by atoms with Gasteiger partial charge in [0.15, 0.2) is 0 Å². The van der Waals surface area contributed by atoms with Gasteiger partial charge in [0.1, 0.15) is 18.1 Å². The van der Waals surface area contributed by atoms with Gasteiger partial charge in [-0.05, 0) is 36.6 Å². The lowest BCUT2D eigenvalue weighted by Gasteiger charge is -2.15. The molecule has 0 radical (unpaired) electrons. The van der Waals surface area contributed by atoms with E-state index in [1.54, 1.807) is 6.26 Å². The van der Waals surface area contributed by atoms with Gasteiger partial charge >= 0.3 is 0 Å². The minimum absolute atomic E-state index is 0.473. The minimum atomic E-state index is 0.473. The fourth-order valence-electron chi connectivity index (χ4n) is 2.29. The summed E-state index contributed by atoms with van der Waals surface area (Å²) in [5.41, 5.74) is 2.43. The normalized spacial score (nSPS) is 12.3. The lowest BCUT2D eigenvalue weighted by atomic mass is 9.98. The fraction of sp³-hybridized carbons (Fsp3) is 0.444. The largest absolute Gasteiger partial charge is 0.485 e. The molecule has 0 aliphatic heterocycles. The monoisotopic (exact) mass is 287 g/mol. The van der Waals surface area contributed by atoms with Crippen LogP contribution in [0.5, 0.6) is 5.75 Å². The van der Waals surface area contributed by atoms with Crippen molar-refractivity contribution in [3.63, 3.8) is 0 Å². The first-order chi connectivity index (χ1) is 10.3. The van der Waals surface area contributed by atoms with Crippen molar-refractivity contribution in [1.82, 2.24) is 5.32 Å². The summed E-state index contributed by atoms with van der Waals surface area (Å²) >= 11 is 0. The van der Waals surface area contributed by atoms with Crippen molar-refractivity contribution in [2.24, 2.45) is 0 Å². The summed E-state index contributed by atoms with van der Waals surface area (Å²) in [6, 6.07) is 10.3. The third-order valence-corrected chi connectivity index (χ3v) is 3.82. The fourth-order valence-corrected chi connectivity index (χ4v) is 2.29. The van der Waals surface area contributed by atoms with Crippen molar-refractivity contribution in [1.29, 1.82) is 0 Å². The van der Waals surface area contributed by atoms with Crippen LogP contribution in [0.2, 0.25) is 0 Å². The Morgan fingerprint density at radius 1 is 1.19 bits per heavy atom. The summed E-state index contributed by atoms with van der Waals surface area (Å²) in [4.78, 5) is 0. The van der Waals surface area contributed by atoms with Gasteiger partial charge in [-0.15, -0.1) is 0 Å². The standard InChI is InChI=1S/C18H25NO2/c1-4-14(3)16-8-6-7-9-17(16)21-13-18-15(10-11-20-18)12-19-5-2/h6-11,14,19H,4-5,12-13H2,1-3H3. The second kappa shape index (κ2) is 7.89. The molecule has 3 heteroatoms. The number of hydrogen-bond acceptors (Lipinski definition) is 3. The van der Waals surface area contributed by atoms with Crippen LogP contribution in [0.15, 0.2) is 41.0 Å². The molecule has 1 aromatic carbocycles. The first kappa shape index (κ1) is 15.6. The van der Waals surface area contributed by atoms with Gasteiger partial charge < -0.3 is 14.5 Å². The number of furan rings is 1. The summed E-state index contributed by atoms with van der Waals surface area (Å²) in [7, 11) is 0. The Kier molecular flexibility index (Phi) is 5.88. The molecule has 1 N–H and O–H groups in total. The molecule has 1 aromatic heterocycles. The van der Waals surface area contributed by atoms with Crippen LogP contribution < -0.4 is 10.1 Å². The SMILES string of the molecule is CCNCc1ccoc1COc1ccccc1C(C)CC. The number of ether oxygens (including phenoxy) is 1. The van der Waals surface area contributed by atoms with Crippen LogP contribution >= 0.6 is 0 Å². The maximum absolute atomic E-state index is 6.00. The molecule has 1 unspecified atom stereocenters. The molecule has 0 amide bonds. The Bertz CT molecular complexity index is 548. The molecule has 0 fully saturated rings. The van der Waals surface area contributed by atoms with Crippen LogP contribution in [0.25, 0.3) is 0 Å². The number of hydrogen-bond donors (Lipinski definition) is 1. The summed E-state index contributed by atoms with van der Waals surface area (Å²) in [6.45, 7) is 8.76. The third-order valence-electron chi connectivity index (χ3n) is 3.82. The maximum Gasteiger partial charge on any atom is 0.146 e. The van der Waals surface area contributed by atoms with E-state index < -0.39 is 0 Å². The van der Waals surface area contributed by atoms with E-state index in [9.17, 15) is 0 Å². The zero-order chi connectivity index (χ0) is 15.1. The van der Waals surface area contributed by atoms with E-state index in [2.05, 4.69) is 38.2 Å². The first-order valence-corrected chi connectivity index (χ1v) is 7.73. The summed E-state index contributed by atoms with van der Waals surface area (Å²) < 4.78 is 11.5. The van der Waals surface area contributed by atoms with Crippen molar-refractivity contribution < 1.29 is 9.15 Å². The molecule has 0 saturated carbocycles. The number of rotatable bonds is 8. The van der Waals surface area contributed by atoms with E-state index in [0.717, 1.165) is 36.6 Å². The van der Waals surface area contributed by atoms with Crippen LogP contribution in [0.4, 0.5) is 0 Å². The van der Waals surface area contributed by atoms with E-state index in [-0.39, 0.29) is 0 Å². The lowest BCUT2D eigenvalue weighted by molar-refractivity contribution is 0.264. The zero-order valence-corrected chi connectivity index (χ0v) is 13.2. The van der Waals surface area contributed by atoms with Gasteiger partial charge in [-0.2, -0.15) is 0 Å². The minimum Gasteiger partial charge on any atom is -0.485 e. The van der Waals surface area contributed by atoms with Gasteiger partial charge in [-0.25, -0.2) is 0 Å². The Balaban J connectivity index is 2.05. The Morgan fingerprint density at radius 2 is 2.00 bits per heavy atom. The van der Waals surface area contributed by atoms with Crippen LogP contribution in [0.1, 0.15) is 50.0 Å². The molecule has 0 aliphatic carbocycles. The van der Waals surface area contributed by atoms with Crippen molar-refractivity contribution in [3.05, 3.63) is 53.5 Å². The van der Waals surface area contributed by atoms with Gasteiger partial charge in [0.2, 0.25) is 0 Å². The second-order valence-corrected chi connectivity index (χ2v) is 5.29. The average Bonchev–Trinajstić information content (AvgIpc) is 2.97. The predicted molar refractivity (Wildman–Crippen MR) is 85.6 cm³/mol. The first-order valence-electron chi connectivity index (χ1n) is 7.73. The Labute approximate surface area is 127 Å². The molecule has 21 heavy (non-hydrogen) atoms. The highest BCUT2D eigenvalue weighted by atomic mass is 16.5. The maximum atomic E-state index is 6.00. The number of para-hydroxylation sites is 1. The van der Waals surface area contributed by atoms with E-state index in [1.807, 2.05) is 18.2 Å². The second-order valence-electron chi connectivity index (χ2n) is 5.29. The number of benzene rings is 1. The van der Waals surface area contributed by atoms with Crippen LogP contribution in [0.3, 0.4) is 0 Å². The molecule has 2 aromatic rings. The van der Waals surface area contributed by atoms with Crippen molar-refractivity contribution in [2.75, 3.05) is 6.54 Å². The van der Waals surface area contributed by atoms with Crippen molar-refractivity contribution in [3.8, 4) is 5.75 Å². The smallest absolute Gasteiger partial charge is 0.146 e. The molecule has 0 bridgehead atoms. The lowest BCUT2D eigenvalue weighted by Crippen LogP contribution is -2.13. The molecule has 0 saturated heterocycles. The van der Waals surface area contributed by atoms with Gasteiger partial charge in [0, 0.05) is 12.1 Å². The van der Waals surface area contributed by atoms with Crippen LogP contribution in [-0.2, 0) is 13.2 Å². The molecular formula is C18H25NO2. The highest BCUT2D eigenvalue weighted by molar-refractivity contribution is 5.36. The zero-order valence-electron chi connectivity index (χ0n) is 13.2. The topological polar surface area (TPSA) is 34.4 Å². The highest BCUT2D eigenvalue weighted by Gasteiger charge is 2.11. The van der Waals surface area contributed by atoms with E-state index in [0.29, 0.717) is 12.5 Å². The van der Waals surface area contributed by atoms with Crippen molar-refractivity contribution >= 4 is 0 Å². The van der Waals surface area contributed by atoms with Crippen LogP contribution in [-0.4, -0.2) is 6.54 Å². The molecule has 0 spiro atoms. The third kappa shape index (κ3) is 4.11. The Morgan fingerprint density at radius 3 is 2.76 bits per heavy atom. The molecule has 1 atom stereocenters. The van der Waals surface area contributed by atoms with Crippen molar-refractivity contribution in [2.45, 2.75) is 46.3 Å². The molecule has 3 nitrogen and oxygen atoms in total. The van der Waals surface area contributed by atoms with Crippen LogP contribution in [0, 0.1) is 0 Å². The summed E-state index contributed by atoms with van der Waals surface area (Å²) in [5, 5.41) is 3.31. The van der Waals surface area contributed by atoms with E-state index in [4.69, 9.17) is 9.15 Å².